The van der Waals surface area contributed by atoms with Gasteiger partial charge in [-0.05, 0) is 65.7 Å². The van der Waals surface area contributed by atoms with Gasteiger partial charge in [0, 0.05) is 6.42 Å². The van der Waals surface area contributed by atoms with E-state index >= 15 is 0 Å². The van der Waals surface area contributed by atoms with E-state index in [9.17, 15) is 14.4 Å². The van der Waals surface area contributed by atoms with Gasteiger partial charge in [-0.2, -0.15) is 0 Å². The van der Waals surface area contributed by atoms with Gasteiger partial charge in [0.1, 0.15) is 5.75 Å². The molecule has 1 saturated heterocycles. The van der Waals surface area contributed by atoms with Crippen molar-refractivity contribution in [1.82, 2.24) is 5.32 Å². The topological polar surface area (TPSA) is 81.7 Å². The van der Waals surface area contributed by atoms with Gasteiger partial charge in [-0.3, -0.25) is 19.7 Å². The molecular formula is C20H19NO5S. The molecule has 3 rings (SSSR count). The number of rotatable bonds is 7. The average Bonchev–Trinajstić information content (AvgIpc) is 2.96. The average molecular weight is 385 g/mol. The maximum atomic E-state index is 11.6. The highest BCUT2D eigenvalue weighted by molar-refractivity contribution is 8.18. The second kappa shape index (κ2) is 8.73. The molecular weight excluding hydrogens is 366 g/mol. The van der Waals surface area contributed by atoms with Crippen molar-refractivity contribution in [3.8, 4) is 5.75 Å². The molecule has 1 N–H and O–H groups in total. The summed E-state index contributed by atoms with van der Waals surface area (Å²) < 4.78 is 10.6. The molecule has 140 valence electrons. The summed E-state index contributed by atoms with van der Waals surface area (Å²) in [6.07, 6.45) is 2.64. The van der Waals surface area contributed by atoms with Gasteiger partial charge in [0.2, 0.25) is 0 Å². The molecule has 7 heteroatoms. The number of esters is 1. The third-order valence-electron chi connectivity index (χ3n) is 3.87. The second-order valence-corrected chi connectivity index (χ2v) is 6.89. The van der Waals surface area contributed by atoms with Gasteiger partial charge >= 0.3 is 5.97 Å². The van der Waals surface area contributed by atoms with Gasteiger partial charge in [0.15, 0.2) is 0 Å². The summed E-state index contributed by atoms with van der Waals surface area (Å²) in [4.78, 5) is 34.6. The molecule has 27 heavy (non-hydrogen) atoms. The van der Waals surface area contributed by atoms with Gasteiger partial charge in [-0.1, -0.05) is 18.2 Å². The summed E-state index contributed by atoms with van der Waals surface area (Å²) in [6.45, 7) is 2.61. The minimum absolute atomic E-state index is 0.211. The Bertz CT molecular complexity index is 922. The lowest BCUT2D eigenvalue weighted by molar-refractivity contribution is -0.143. The van der Waals surface area contributed by atoms with Gasteiger partial charge in [-0.25, -0.2) is 0 Å². The van der Waals surface area contributed by atoms with Gasteiger partial charge < -0.3 is 9.47 Å². The Morgan fingerprint density at radius 1 is 1.15 bits per heavy atom. The molecule has 2 amide bonds. The number of benzene rings is 2. The fourth-order valence-electron chi connectivity index (χ4n) is 2.63. The van der Waals surface area contributed by atoms with Crippen molar-refractivity contribution in [3.05, 3.63) is 46.9 Å². The zero-order valence-electron chi connectivity index (χ0n) is 14.8. The minimum Gasteiger partial charge on any atom is -0.494 e. The highest BCUT2D eigenvalue weighted by Gasteiger charge is 2.24. The van der Waals surface area contributed by atoms with Crippen LogP contribution in [0.15, 0.2) is 41.3 Å². The number of carbonyl (C=O) groups is 3. The molecule has 1 fully saturated rings. The maximum absolute atomic E-state index is 11.6. The van der Waals surface area contributed by atoms with E-state index in [0.717, 1.165) is 33.8 Å². The molecule has 0 bridgehead atoms. The summed E-state index contributed by atoms with van der Waals surface area (Å²) in [7, 11) is 0. The predicted molar refractivity (Wildman–Crippen MR) is 104 cm³/mol. The van der Waals surface area contributed by atoms with Crippen LogP contribution in [0.4, 0.5) is 4.79 Å². The minimum atomic E-state index is -0.364. The zero-order valence-corrected chi connectivity index (χ0v) is 15.6. The number of nitrogens with one attached hydrogen (secondary N) is 1. The molecule has 1 aliphatic heterocycles. The molecule has 0 unspecified atom stereocenters. The number of carbonyl (C=O) groups excluding carboxylic acids is 3. The summed E-state index contributed by atoms with van der Waals surface area (Å²) >= 11 is 0.901. The summed E-state index contributed by atoms with van der Waals surface area (Å²) in [5.74, 6) is 0.155. The molecule has 0 aliphatic carbocycles. The van der Waals surface area contributed by atoms with Crippen molar-refractivity contribution >= 4 is 45.7 Å². The number of hydrogen-bond acceptors (Lipinski definition) is 6. The number of hydrogen-bond donors (Lipinski definition) is 1. The Hall–Kier alpha value is -2.80. The van der Waals surface area contributed by atoms with Crippen molar-refractivity contribution in [2.45, 2.75) is 19.8 Å². The van der Waals surface area contributed by atoms with Crippen molar-refractivity contribution in [1.29, 1.82) is 0 Å². The van der Waals surface area contributed by atoms with Gasteiger partial charge in [0.25, 0.3) is 11.1 Å². The van der Waals surface area contributed by atoms with Crippen molar-refractivity contribution in [3.63, 3.8) is 0 Å². The van der Waals surface area contributed by atoms with Crippen LogP contribution < -0.4 is 10.1 Å². The van der Waals surface area contributed by atoms with E-state index in [4.69, 9.17) is 9.47 Å². The van der Waals surface area contributed by atoms with E-state index in [0.29, 0.717) is 31.0 Å². The second-order valence-electron chi connectivity index (χ2n) is 5.88. The third kappa shape index (κ3) is 5.10. The van der Waals surface area contributed by atoms with Crippen LogP contribution in [0.2, 0.25) is 0 Å². The Kier molecular flexibility index (Phi) is 6.13. The first-order valence-corrected chi connectivity index (χ1v) is 9.44. The normalized spacial score (nSPS) is 15.2. The van der Waals surface area contributed by atoms with E-state index in [1.54, 1.807) is 13.0 Å². The molecule has 0 radical (unpaired) electrons. The maximum Gasteiger partial charge on any atom is 0.305 e. The SMILES string of the molecule is CCOC(=O)CCCOc1ccc2cc(C=C3SC(=O)NC3=O)ccc2c1. The Morgan fingerprint density at radius 2 is 1.93 bits per heavy atom. The lowest BCUT2D eigenvalue weighted by atomic mass is 10.1. The predicted octanol–water partition coefficient (Wildman–Crippen LogP) is 3.89. The largest absolute Gasteiger partial charge is 0.494 e. The highest BCUT2D eigenvalue weighted by atomic mass is 32.2. The molecule has 6 nitrogen and oxygen atoms in total. The molecule has 2 aromatic carbocycles. The number of ether oxygens (including phenoxy) is 2. The van der Waals surface area contributed by atoms with Gasteiger partial charge in [-0.15, -0.1) is 0 Å². The van der Waals surface area contributed by atoms with Crippen LogP contribution in [0, 0.1) is 0 Å². The summed E-state index contributed by atoms with van der Waals surface area (Å²) in [6, 6.07) is 11.5. The van der Waals surface area contributed by atoms with E-state index in [-0.39, 0.29) is 17.1 Å². The smallest absolute Gasteiger partial charge is 0.305 e. The fourth-order valence-corrected chi connectivity index (χ4v) is 3.32. The van der Waals surface area contributed by atoms with Crippen LogP contribution in [0.3, 0.4) is 0 Å². The van der Waals surface area contributed by atoms with Crippen LogP contribution in [-0.4, -0.2) is 30.3 Å². The molecule has 0 aromatic heterocycles. The van der Waals surface area contributed by atoms with Crippen LogP contribution in [-0.2, 0) is 14.3 Å². The lowest BCUT2D eigenvalue weighted by Crippen LogP contribution is -2.17. The lowest BCUT2D eigenvalue weighted by Gasteiger charge is -2.08. The van der Waals surface area contributed by atoms with E-state index < -0.39 is 0 Å². The molecule has 0 saturated carbocycles. The molecule has 1 aliphatic rings. The van der Waals surface area contributed by atoms with Crippen molar-refractivity contribution in [2.75, 3.05) is 13.2 Å². The zero-order chi connectivity index (χ0) is 19.2. The molecule has 1 heterocycles. The van der Waals surface area contributed by atoms with Crippen LogP contribution in [0.1, 0.15) is 25.3 Å². The quantitative estimate of drug-likeness (QED) is 0.442. The summed E-state index contributed by atoms with van der Waals surface area (Å²) in [5, 5.41) is 3.89. The van der Waals surface area contributed by atoms with Crippen LogP contribution in [0.25, 0.3) is 16.8 Å². The Balaban J connectivity index is 1.63. The van der Waals surface area contributed by atoms with Gasteiger partial charge in [0.05, 0.1) is 18.1 Å². The first-order valence-electron chi connectivity index (χ1n) is 8.62. The molecule has 0 spiro atoms. The molecule has 2 aromatic rings. The van der Waals surface area contributed by atoms with E-state index in [2.05, 4.69) is 5.32 Å². The number of thioether (sulfide) groups is 1. The first kappa shape index (κ1) is 19.0. The number of fused-ring (bicyclic) bond motifs is 1. The first-order chi connectivity index (χ1) is 13.0. The standard InChI is InChI=1S/C20H19NO5S/c1-2-25-18(22)4-3-9-26-16-8-7-14-10-13(5-6-15(14)12-16)11-17-19(23)21-20(24)27-17/h5-8,10-12H,2-4,9H2,1H3,(H,21,23,24). The number of imide groups is 1. The summed E-state index contributed by atoms with van der Waals surface area (Å²) in [5.41, 5.74) is 0.845. The Labute approximate surface area is 160 Å². The van der Waals surface area contributed by atoms with Crippen LogP contribution >= 0.6 is 11.8 Å². The monoisotopic (exact) mass is 385 g/mol. The molecule has 0 atom stereocenters. The Morgan fingerprint density at radius 3 is 2.67 bits per heavy atom. The highest BCUT2D eigenvalue weighted by Crippen LogP contribution is 2.28. The fraction of sp³-hybridized carbons (Fsp3) is 0.250. The van der Waals surface area contributed by atoms with Crippen LogP contribution in [0.5, 0.6) is 5.75 Å². The third-order valence-corrected chi connectivity index (χ3v) is 4.69. The van der Waals surface area contributed by atoms with Crippen molar-refractivity contribution < 1.29 is 23.9 Å². The van der Waals surface area contributed by atoms with E-state index in [1.165, 1.54) is 0 Å². The van der Waals surface area contributed by atoms with E-state index in [1.807, 2.05) is 36.4 Å². The number of amides is 2. The van der Waals surface area contributed by atoms with Crippen molar-refractivity contribution in [2.24, 2.45) is 0 Å².